The van der Waals surface area contributed by atoms with Gasteiger partial charge in [-0.2, -0.15) is 10.1 Å². The maximum Gasteiger partial charge on any atom is 0.244 e. The molecule has 150 valence electrons. The number of methoxy groups -OCH3 is 2. The lowest BCUT2D eigenvalue weighted by Crippen LogP contribution is -2.07. The molecule has 3 aromatic rings. The molecule has 1 heterocycles. The Kier molecular flexibility index (Phi) is 6.41. The lowest BCUT2D eigenvalue weighted by Gasteiger charge is -2.11. The molecule has 0 saturated carbocycles. The molecule has 2 aromatic carbocycles. The summed E-state index contributed by atoms with van der Waals surface area (Å²) < 4.78 is 10.6. The summed E-state index contributed by atoms with van der Waals surface area (Å²) in [5, 5.41) is 17.0. The summed E-state index contributed by atoms with van der Waals surface area (Å²) in [5.41, 5.74) is 2.52. The minimum atomic E-state index is -0.115. The van der Waals surface area contributed by atoms with Crippen molar-refractivity contribution in [1.29, 1.82) is 0 Å². The average molecular weight is 394 g/mol. The highest BCUT2D eigenvalue weighted by Crippen LogP contribution is 2.27. The number of carbonyl (C=O) groups excluding carboxylic acids is 1. The number of rotatable bonds is 8. The van der Waals surface area contributed by atoms with E-state index in [1.54, 1.807) is 26.4 Å². The van der Waals surface area contributed by atoms with Crippen molar-refractivity contribution in [3.63, 3.8) is 0 Å². The Balaban J connectivity index is 1.63. The Hall–Kier alpha value is -3.88. The number of nitrogens with one attached hydrogen (secondary N) is 3. The maximum atomic E-state index is 11.1. The molecule has 0 unspecified atom stereocenters. The van der Waals surface area contributed by atoms with Crippen LogP contribution in [0.5, 0.6) is 11.5 Å². The summed E-state index contributed by atoms with van der Waals surface area (Å²) in [6.45, 7) is 1.96. The Morgan fingerprint density at radius 2 is 1.72 bits per heavy atom. The van der Waals surface area contributed by atoms with E-state index >= 15 is 0 Å². The Morgan fingerprint density at radius 1 is 1.00 bits per heavy atom. The summed E-state index contributed by atoms with van der Waals surface area (Å²) in [4.78, 5) is 15.5. The van der Waals surface area contributed by atoms with Crippen LogP contribution in [0, 0.1) is 0 Å². The van der Waals surface area contributed by atoms with Crippen LogP contribution in [0.15, 0.2) is 48.7 Å². The summed E-state index contributed by atoms with van der Waals surface area (Å²) in [7, 11) is 3.20. The second kappa shape index (κ2) is 9.36. The molecule has 9 heteroatoms. The number of anilines is 4. The number of amides is 1. The maximum absolute atomic E-state index is 11.1. The number of carbonyl (C=O) groups is 1. The third-order valence-corrected chi connectivity index (χ3v) is 3.94. The summed E-state index contributed by atoms with van der Waals surface area (Å²) in [6.07, 6.45) is 1.53. The number of ether oxygens (including phenoxy) is 2. The third kappa shape index (κ3) is 5.55. The fraction of sp³-hybridized carbons (Fsp3) is 0.200. The molecule has 29 heavy (non-hydrogen) atoms. The molecule has 0 aliphatic rings. The highest BCUT2D eigenvalue weighted by atomic mass is 16.5. The molecule has 9 nitrogen and oxygen atoms in total. The fourth-order valence-corrected chi connectivity index (χ4v) is 2.60. The van der Waals surface area contributed by atoms with E-state index in [-0.39, 0.29) is 5.91 Å². The summed E-state index contributed by atoms with van der Waals surface area (Å²) in [6, 6.07) is 12.9. The van der Waals surface area contributed by atoms with E-state index < -0.39 is 0 Å². The van der Waals surface area contributed by atoms with Gasteiger partial charge in [0.15, 0.2) is 17.3 Å². The van der Waals surface area contributed by atoms with Gasteiger partial charge in [0.25, 0.3) is 0 Å². The van der Waals surface area contributed by atoms with Gasteiger partial charge in [-0.1, -0.05) is 6.07 Å². The van der Waals surface area contributed by atoms with Crippen LogP contribution in [0.25, 0.3) is 0 Å². The Bertz CT molecular complexity index is 978. The number of nitrogens with zero attached hydrogens (tertiary/aromatic N) is 3. The molecule has 0 atom stereocenters. The van der Waals surface area contributed by atoms with E-state index in [0.29, 0.717) is 29.8 Å². The first kappa shape index (κ1) is 19.9. The van der Waals surface area contributed by atoms with Crippen molar-refractivity contribution in [2.45, 2.75) is 13.5 Å². The Labute approximate surface area is 168 Å². The van der Waals surface area contributed by atoms with Gasteiger partial charge in [-0.05, 0) is 42.0 Å². The highest BCUT2D eigenvalue weighted by molar-refractivity contribution is 5.88. The van der Waals surface area contributed by atoms with E-state index in [1.807, 2.05) is 30.3 Å². The lowest BCUT2D eigenvalue weighted by atomic mass is 10.2. The van der Waals surface area contributed by atoms with E-state index in [9.17, 15) is 4.79 Å². The predicted molar refractivity (Wildman–Crippen MR) is 111 cm³/mol. The highest BCUT2D eigenvalue weighted by Gasteiger charge is 2.06. The van der Waals surface area contributed by atoms with Crippen LogP contribution in [0.2, 0.25) is 0 Å². The third-order valence-electron chi connectivity index (χ3n) is 3.94. The van der Waals surface area contributed by atoms with Crippen LogP contribution in [0.1, 0.15) is 12.5 Å². The second-order valence-electron chi connectivity index (χ2n) is 6.09. The van der Waals surface area contributed by atoms with E-state index in [0.717, 1.165) is 16.9 Å². The number of hydrogen-bond acceptors (Lipinski definition) is 8. The quantitative estimate of drug-likeness (QED) is 0.534. The van der Waals surface area contributed by atoms with E-state index in [2.05, 4.69) is 31.1 Å². The van der Waals surface area contributed by atoms with Crippen LogP contribution < -0.4 is 25.4 Å². The zero-order chi connectivity index (χ0) is 20.6. The van der Waals surface area contributed by atoms with Gasteiger partial charge >= 0.3 is 0 Å². The van der Waals surface area contributed by atoms with Crippen molar-refractivity contribution in [3.8, 4) is 11.5 Å². The summed E-state index contributed by atoms with van der Waals surface area (Å²) in [5.74, 6) is 2.14. The fourth-order valence-electron chi connectivity index (χ4n) is 2.60. The molecule has 0 bridgehead atoms. The normalized spacial score (nSPS) is 10.2. The van der Waals surface area contributed by atoms with Crippen LogP contribution in [0.3, 0.4) is 0 Å². The molecule has 0 radical (unpaired) electrons. The van der Waals surface area contributed by atoms with Crippen LogP contribution >= 0.6 is 0 Å². The van der Waals surface area contributed by atoms with Crippen molar-refractivity contribution in [1.82, 2.24) is 15.2 Å². The zero-order valence-electron chi connectivity index (χ0n) is 16.4. The minimum Gasteiger partial charge on any atom is -0.493 e. The molecule has 1 amide bonds. The monoisotopic (exact) mass is 394 g/mol. The van der Waals surface area contributed by atoms with Gasteiger partial charge in [0.2, 0.25) is 11.9 Å². The van der Waals surface area contributed by atoms with Gasteiger partial charge in [0, 0.05) is 24.8 Å². The second-order valence-corrected chi connectivity index (χ2v) is 6.09. The SMILES string of the molecule is COc1ccc(CNc2nncc(Nc3ccc(NC(C)=O)cc3)n2)cc1OC. The molecule has 3 N–H and O–H groups in total. The molecule has 0 aliphatic heterocycles. The first-order valence-corrected chi connectivity index (χ1v) is 8.86. The summed E-state index contributed by atoms with van der Waals surface area (Å²) >= 11 is 0. The van der Waals surface area contributed by atoms with Crippen molar-refractivity contribution in [3.05, 3.63) is 54.2 Å². The van der Waals surface area contributed by atoms with Gasteiger partial charge in [-0.3, -0.25) is 4.79 Å². The van der Waals surface area contributed by atoms with Gasteiger partial charge in [-0.25, -0.2) is 0 Å². The van der Waals surface area contributed by atoms with Crippen molar-refractivity contribution in [2.24, 2.45) is 0 Å². The van der Waals surface area contributed by atoms with Gasteiger partial charge in [0.05, 0.1) is 20.4 Å². The smallest absolute Gasteiger partial charge is 0.244 e. The standard InChI is InChI=1S/C20H22N6O3/c1-13(27)23-15-5-7-16(8-6-15)24-19-12-22-26-20(25-19)21-11-14-4-9-17(28-2)18(10-14)29-3/h4-10,12H,11H2,1-3H3,(H,23,27)(H2,21,24,25,26). The largest absolute Gasteiger partial charge is 0.493 e. The molecular weight excluding hydrogens is 372 g/mol. The molecule has 0 fully saturated rings. The Morgan fingerprint density at radius 3 is 2.41 bits per heavy atom. The minimum absolute atomic E-state index is 0.115. The number of hydrogen-bond donors (Lipinski definition) is 3. The van der Waals surface area contributed by atoms with Crippen molar-refractivity contribution < 1.29 is 14.3 Å². The molecule has 0 saturated heterocycles. The van der Waals surface area contributed by atoms with Crippen LogP contribution in [-0.4, -0.2) is 35.3 Å². The molecule has 0 spiro atoms. The molecular formula is C20H22N6O3. The van der Waals surface area contributed by atoms with E-state index in [1.165, 1.54) is 13.1 Å². The van der Waals surface area contributed by atoms with E-state index in [4.69, 9.17) is 9.47 Å². The van der Waals surface area contributed by atoms with Crippen molar-refractivity contribution in [2.75, 3.05) is 30.2 Å². The number of aromatic nitrogens is 3. The van der Waals surface area contributed by atoms with Gasteiger partial charge in [-0.15, -0.1) is 5.10 Å². The first-order chi connectivity index (χ1) is 14.1. The van der Waals surface area contributed by atoms with Crippen LogP contribution in [-0.2, 0) is 11.3 Å². The average Bonchev–Trinajstić information content (AvgIpc) is 2.73. The number of benzene rings is 2. The van der Waals surface area contributed by atoms with Gasteiger partial charge in [0.1, 0.15) is 0 Å². The van der Waals surface area contributed by atoms with Crippen LogP contribution in [0.4, 0.5) is 23.1 Å². The zero-order valence-corrected chi connectivity index (χ0v) is 16.4. The molecule has 1 aromatic heterocycles. The molecule has 0 aliphatic carbocycles. The lowest BCUT2D eigenvalue weighted by molar-refractivity contribution is -0.114. The molecule has 3 rings (SSSR count). The van der Waals surface area contributed by atoms with Crippen molar-refractivity contribution >= 4 is 29.0 Å². The topological polar surface area (TPSA) is 110 Å². The van der Waals surface area contributed by atoms with Gasteiger partial charge < -0.3 is 25.4 Å². The first-order valence-electron chi connectivity index (χ1n) is 8.86. The predicted octanol–water partition coefficient (Wildman–Crippen LogP) is 3.20.